The van der Waals surface area contributed by atoms with Gasteiger partial charge in [-0.15, -0.1) is 0 Å². The Morgan fingerprint density at radius 1 is 1.16 bits per heavy atom. The highest BCUT2D eigenvalue weighted by atomic mass is 32.1. The molecule has 0 aliphatic rings. The van der Waals surface area contributed by atoms with Crippen molar-refractivity contribution in [3.63, 3.8) is 0 Å². The zero-order chi connectivity index (χ0) is 17.6. The number of hydrogen-bond acceptors (Lipinski definition) is 7. The Balaban J connectivity index is 2.09. The molecule has 126 valence electrons. The SMILES string of the molecule is COc1cccc(-c2oc3ccc4nc(N)sc4c3c(=O)c2OC)c1. The maximum atomic E-state index is 13.1. The predicted molar refractivity (Wildman–Crippen MR) is 98.6 cm³/mol. The molecule has 0 aliphatic heterocycles. The number of anilines is 1. The summed E-state index contributed by atoms with van der Waals surface area (Å²) in [5, 5.41) is 0.827. The van der Waals surface area contributed by atoms with Gasteiger partial charge in [-0.05, 0) is 24.3 Å². The van der Waals surface area contributed by atoms with E-state index in [1.165, 1.54) is 18.4 Å². The Kier molecular flexibility index (Phi) is 3.58. The first-order valence-corrected chi connectivity index (χ1v) is 8.28. The molecule has 0 amide bonds. The Hall–Kier alpha value is -3.06. The van der Waals surface area contributed by atoms with Gasteiger partial charge in [0.15, 0.2) is 10.9 Å². The van der Waals surface area contributed by atoms with Gasteiger partial charge in [0.2, 0.25) is 11.2 Å². The topological polar surface area (TPSA) is 87.6 Å². The molecule has 25 heavy (non-hydrogen) atoms. The van der Waals surface area contributed by atoms with Crippen molar-refractivity contribution in [2.45, 2.75) is 0 Å². The van der Waals surface area contributed by atoms with Gasteiger partial charge in [0.1, 0.15) is 11.3 Å². The first-order valence-electron chi connectivity index (χ1n) is 7.46. The van der Waals surface area contributed by atoms with Gasteiger partial charge in [-0.1, -0.05) is 23.5 Å². The summed E-state index contributed by atoms with van der Waals surface area (Å²) in [6.07, 6.45) is 0. The molecule has 7 heteroatoms. The third-order valence-corrected chi connectivity index (χ3v) is 4.84. The molecule has 0 atom stereocenters. The van der Waals surface area contributed by atoms with E-state index in [-0.39, 0.29) is 11.2 Å². The summed E-state index contributed by atoms with van der Waals surface area (Å²) in [6.45, 7) is 0. The van der Waals surface area contributed by atoms with E-state index in [2.05, 4.69) is 4.98 Å². The van der Waals surface area contributed by atoms with Gasteiger partial charge in [-0.2, -0.15) is 0 Å². The summed E-state index contributed by atoms with van der Waals surface area (Å²) < 4.78 is 17.3. The van der Waals surface area contributed by atoms with E-state index in [0.717, 1.165) is 0 Å². The normalized spacial score (nSPS) is 11.1. The van der Waals surface area contributed by atoms with Crippen molar-refractivity contribution in [2.24, 2.45) is 0 Å². The first-order chi connectivity index (χ1) is 12.1. The summed E-state index contributed by atoms with van der Waals surface area (Å²) >= 11 is 1.25. The lowest BCUT2D eigenvalue weighted by atomic mass is 10.1. The second-order valence-electron chi connectivity index (χ2n) is 5.36. The quantitative estimate of drug-likeness (QED) is 0.604. The summed E-state index contributed by atoms with van der Waals surface area (Å²) in [6, 6.07) is 10.8. The summed E-state index contributed by atoms with van der Waals surface area (Å²) in [4.78, 5) is 17.3. The lowest BCUT2D eigenvalue weighted by Gasteiger charge is -2.10. The van der Waals surface area contributed by atoms with Crippen molar-refractivity contribution in [1.29, 1.82) is 0 Å². The van der Waals surface area contributed by atoms with Crippen molar-refractivity contribution < 1.29 is 13.9 Å². The molecule has 4 aromatic rings. The number of rotatable bonds is 3. The maximum absolute atomic E-state index is 13.1. The predicted octanol–water partition coefficient (Wildman–Crippen LogP) is 3.67. The zero-order valence-electron chi connectivity index (χ0n) is 13.5. The Morgan fingerprint density at radius 2 is 2.00 bits per heavy atom. The van der Waals surface area contributed by atoms with Crippen LogP contribution < -0.4 is 20.6 Å². The van der Waals surface area contributed by atoms with Crippen molar-refractivity contribution in [1.82, 2.24) is 4.98 Å². The van der Waals surface area contributed by atoms with E-state index in [4.69, 9.17) is 19.6 Å². The lowest BCUT2D eigenvalue weighted by Crippen LogP contribution is -2.07. The second kappa shape index (κ2) is 5.78. The van der Waals surface area contributed by atoms with Crippen LogP contribution in [-0.2, 0) is 0 Å². The number of aromatic nitrogens is 1. The van der Waals surface area contributed by atoms with Crippen LogP contribution in [0.1, 0.15) is 0 Å². The smallest absolute Gasteiger partial charge is 0.236 e. The third-order valence-electron chi connectivity index (χ3n) is 3.92. The van der Waals surface area contributed by atoms with Crippen LogP contribution in [0.4, 0.5) is 5.13 Å². The number of hydrogen-bond donors (Lipinski definition) is 1. The van der Waals surface area contributed by atoms with Crippen LogP contribution in [0.15, 0.2) is 45.6 Å². The van der Waals surface area contributed by atoms with E-state index in [0.29, 0.717) is 43.4 Å². The average molecular weight is 354 g/mol. The van der Waals surface area contributed by atoms with Gasteiger partial charge in [-0.3, -0.25) is 4.79 Å². The number of nitrogens with zero attached hydrogens (tertiary/aromatic N) is 1. The fourth-order valence-corrected chi connectivity index (χ4v) is 3.67. The molecule has 2 aromatic carbocycles. The molecule has 2 heterocycles. The molecule has 2 aromatic heterocycles. The van der Waals surface area contributed by atoms with Gasteiger partial charge in [0.25, 0.3) is 0 Å². The number of nitrogen functional groups attached to an aromatic ring is 1. The van der Waals surface area contributed by atoms with Crippen LogP contribution in [0.25, 0.3) is 32.5 Å². The minimum absolute atomic E-state index is 0.139. The Bertz CT molecular complexity index is 1160. The highest BCUT2D eigenvalue weighted by molar-refractivity contribution is 7.23. The number of thiazole rings is 1. The largest absolute Gasteiger partial charge is 0.497 e. The van der Waals surface area contributed by atoms with E-state index in [1.54, 1.807) is 25.3 Å². The van der Waals surface area contributed by atoms with Gasteiger partial charge in [-0.25, -0.2) is 4.98 Å². The molecule has 0 radical (unpaired) electrons. The number of fused-ring (bicyclic) bond motifs is 3. The Morgan fingerprint density at radius 3 is 2.76 bits per heavy atom. The van der Waals surface area contributed by atoms with E-state index in [9.17, 15) is 4.79 Å². The first kappa shape index (κ1) is 15.5. The second-order valence-corrected chi connectivity index (χ2v) is 6.40. The number of benzene rings is 2. The van der Waals surface area contributed by atoms with Crippen molar-refractivity contribution in [3.05, 3.63) is 46.6 Å². The molecule has 0 saturated heterocycles. The van der Waals surface area contributed by atoms with Crippen LogP contribution in [0.2, 0.25) is 0 Å². The van der Waals surface area contributed by atoms with E-state index >= 15 is 0 Å². The third kappa shape index (κ3) is 2.40. The molecule has 0 fully saturated rings. The number of methoxy groups -OCH3 is 2. The average Bonchev–Trinajstić information content (AvgIpc) is 3.01. The molecule has 4 rings (SSSR count). The van der Waals surface area contributed by atoms with Crippen LogP contribution in [0.5, 0.6) is 11.5 Å². The minimum atomic E-state index is -0.254. The van der Waals surface area contributed by atoms with Crippen molar-refractivity contribution >= 4 is 37.7 Å². The summed E-state index contributed by atoms with van der Waals surface area (Å²) in [5.41, 5.74) is 7.35. The molecule has 0 bridgehead atoms. The van der Waals surface area contributed by atoms with Crippen LogP contribution in [-0.4, -0.2) is 19.2 Å². The fraction of sp³-hybridized carbons (Fsp3) is 0.111. The lowest BCUT2D eigenvalue weighted by molar-refractivity contribution is 0.398. The van der Waals surface area contributed by atoms with Gasteiger partial charge in [0.05, 0.1) is 29.8 Å². The summed E-state index contributed by atoms with van der Waals surface area (Å²) in [7, 11) is 3.03. The monoisotopic (exact) mass is 354 g/mol. The van der Waals surface area contributed by atoms with Gasteiger partial charge < -0.3 is 19.6 Å². The molecule has 0 spiro atoms. The maximum Gasteiger partial charge on any atom is 0.236 e. The molecular formula is C18H14N2O4S. The molecule has 2 N–H and O–H groups in total. The molecule has 0 saturated carbocycles. The summed E-state index contributed by atoms with van der Waals surface area (Å²) in [5.74, 6) is 1.16. The van der Waals surface area contributed by atoms with Crippen LogP contribution in [0.3, 0.4) is 0 Å². The minimum Gasteiger partial charge on any atom is -0.497 e. The number of nitrogens with two attached hydrogens (primary N) is 1. The Labute approximate surface area is 146 Å². The molecule has 0 unspecified atom stereocenters. The standard InChI is InChI=1S/C18H14N2O4S/c1-22-10-5-3-4-9(8-10)15-16(23-2)14(21)13-12(24-15)7-6-11-17(13)25-18(19)20-11/h3-8H,1-2H3,(H2,19,20). The van der Waals surface area contributed by atoms with Crippen LogP contribution >= 0.6 is 11.3 Å². The zero-order valence-corrected chi connectivity index (χ0v) is 14.3. The number of ether oxygens (including phenoxy) is 2. The molecule has 6 nitrogen and oxygen atoms in total. The fourth-order valence-electron chi connectivity index (χ4n) is 2.80. The highest BCUT2D eigenvalue weighted by Crippen LogP contribution is 2.36. The van der Waals surface area contributed by atoms with Crippen molar-refractivity contribution in [3.8, 4) is 22.8 Å². The van der Waals surface area contributed by atoms with Crippen LogP contribution in [0, 0.1) is 0 Å². The van der Waals surface area contributed by atoms with E-state index < -0.39 is 0 Å². The van der Waals surface area contributed by atoms with Gasteiger partial charge in [0, 0.05) is 5.56 Å². The van der Waals surface area contributed by atoms with Gasteiger partial charge >= 0.3 is 0 Å². The van der Waals surface area contributed by atoms with E-state index in [1.807, 2.05) is 18.2 Å². The van der Waals surface area contributed by atoms with Crippen molar-refractivity contribution in [2.75, 3.05) is 20.0 Å². The molecular weight excluding hydrogens is 340 g/mol. The molecule has 0 aliphatic carbocycles. The highest BCUT2D eigenvalue weighted by Gasteiger charge is 2.20.